The van der Waals surface area contributed by atoms with Gasteiger partial charge in [-0.25, -0.2) is 0 Å². The Balaban J connectivity index is 1.76. The average Bonchev–Trinajstić information content (AvgIpc) is 3.26. The Hall–Kier alpha value is -4.21. The van der Waals surface area contributed by atoms with Gasteiger partial charge in [0.2, 0.25) is 17.7 Å². The van der Waals surface area contributed by atoms with Gasteiger partial charge in [-0.1, -0.05) is 47.6 Å². The van der Waals surface area contributed by atoms with Crippen molar-refractivity contribution in [1.82, 2.24) is 20.8 Å². The van der Waals surface area contributed by atoms with Gasteiger partial charge in [-0.2, -0.15) is 4.98 Å². The van der Waals surface area contributed by atoms with E-state index in [-0.39, 0.29) is 30.9 Å². The highest BCUT2D eigenvalue weighted by Gasteiger charge is 2.27. The third-order valence-electron chi connectivity index (χ3n) is 5.02. The molecule has 0 aliphatic rings. The molecule has 3 aromatic rings. The number of aromatic nitrogens is 2. The lowest BCUT2D eigenvalue weighted by atomic mass is 10.0. The van der Waals surface area contributed by atoms with E-state index in [9.17, 15) is 19.5 Å². The predicted octanol–water partition coefficient (Wildman–Crippen LogP) is 2.14. The van der Waals surface area contributed by atoms with E-state index >= 15 is 0 Å². The maximum Gasteiger partial charge on any atom is 0.303 e. The molecule has 10 heteroatoms. The standard InChI is InChI=1S/C24H26N4O6/c1-15(29)25-20(13-17-7-9-18(30)10-8-17)23(33)26-19(11-12-22(31)32)24-27-21(28-34-24)14-16-5-3-2-4-6-16/h2-10,19-20,30H,11-14H2,1H3,(H,25,29)(H,26,33)(H,31,32)/t19-,20?/m0/s1. The van der Waals surface area contributed by atoms with Gasteiger partial charge in [0.15, 0.2) is 5.82 Å². The van der Waals surface area contributed by atoms with E-state index in [0.717, 1.165) is 11.1 Å². The lowest BCUT2D eigenvalue weighted by molar-refractivity contribution is -0.137. The van der Waals surface area contributed by atoms with Crippen molar-refractivity contribution < 1.29 is 29.1 Å². The van der Waals surface area contributed by atoms with Gasteiger partial charge in [-0.05, 0) is 29.7 Å². The number of carbonyl (C=O) groups is 3. The molecule has 2 atom stereocenters. The van der Waals surface area contributed by atoms with Crippen molar-refractivity contribution >= 4 is 17.8 Å². The van der Waals surface area contributed by atoms with E-state index in [1.807, 2.05) is 30.3 Å². The van der Waals surface area contributed by atoms with Gasteiger partial charge in [-0.15, -0.1) is 0 Å². The molecule has 0 bridgehead atoms. The molecule has 0 saturated carbocycles. The average molecular weight is 466 g/mol. The van der Waals surface area contributed by atoms with E-state index in [4.69, 9.17) is 9.63 Å². The summed E-state index contributed by atoms with van der Waals surface area (Å²) in [6, 6.07) is 14.0. The fraction of sp³-hybridized carbons (Fsp3) is 0.292. The Morgan fingerprint density at radius 1 is 1.00 bits per heavy atom. The largest absolute Gasteiger partial charge is 0.508 e. The van der Waals surface area contributed by atoms with Crippen molar-refractivity contribution in [3.63, 3.8) is 0 Å². The lowest BCUT2D eigenvalue weighted by Gasteiger charge is -2.21. The molecule has 0 aliphatic heterocycles. The SMILES string of the molecule is CC(=O)NC(Cc1ccc(O)cc1)C(=O)N[C@@H](CCC(=O)O)c1nc(Cc2ccccc2)no1. The number of hydrogen-bond donors (Lipinski definition) is 4. The van der Waals surface area contributed by atoms with Gasteiger partial charge in [-0.3, -0.25) is 14.4 Å². The molecule has 1 unspecified atom stereocenters. The lowest BCUT2D eigenvalue weighted by Crippen LogP contribution is -2.48. The molecule has 10 nitrogen and oxygen atoms in total. The smallest absolute Gasteiger partial charge is 0.303 e. The van der Waals surface area contributed by atoms with Crippen LogP contribution in [0, 0.1) is 0 Å². The van der Waals surface area contributed by atoms with Crippen molar-refractivity contribution in [2.24, 2.45) is 0 Å². The van der Waals surface area contributed by atoms with Crippen molar-refractivity contribution in [3.8, 4) is 5.75 Å². The third-order valence-corrected chi connectivity index (χ3v) is 5.02. The zero-order chi connectivity index (χ0) is 24.5. The number of nitrogens with zero attached hydrogens (tertiary/aromatic N) is 2. The predicted molar refractivity (Wildman–Crippen MR) is 121 cm³/mol. The number of hydrogen-bond acceptors (Lipinski definition) is 7. The second kappa shape index (κ2) is 11.6. The van der Waals surface area contributed by atoms with Crippen LogP contribution in [0.3, 0.4) is 0 Å². The highest BCUT2D eigenvalue weighted by molar-refractivity contribution is 5.87. The summed E-state index contributed by atoms with van der Waals surface area (Å²) in [4.78, 5) is 40.3. The molecule has 0 aliphatic carbocycles. The van der Waals surface area contributed by atoms with E-state index in [1.165, 1.54) is 19.1 Å². The van der Waals surface area contributed by atoms with Crippen molar-refractivity contribution in [3.05, 3.63) is 77.4 Å². The zero-order valence-corrected chi connectivity index (χ0v) is 18.6. The number of carbonyl (C=O) groups excluding carboxylic acids is 2. The third kappa shape index (κ3) is 7.44. The summed E-state index contributed by atoms with van der Waals surface area (Å²) in [5.74, 6) is -1.39. The Morgan fingerprint density at radius 3 is 2.35 bits per heavy atom. The first-order valence-electron chi connectivity index (χ1n) is 10.7. The Kier molecular flexibility index (Phi) is 8.33. The van der Waals surface area contributed by atoms with Crippen molar-refractivity contribution in [1.29, 1.82) is 0 Å². The quantitative estimate of drug-likeness (QED) is 0.335. The summed E-state index contributed by atoms with van der Waals surface area (Å²) < 4.78 is 5.34. The molecule has 34 heavy (non-hydrogen) atoms. The van der Waals surface area contributed by atoms with Crippen LogP contribution in [-0.2, 0) is 27.2 Å². The minimum atomic E-state index is -1.04. The molecule has 1 heterocycles. The molecular weight excluding hydrogens is 440 g/mol. The summed E-state index contributed by atoms with van der Waals surface area (Å²) in [5.41, 5.74) is 1.69. The molecule has 0 saturated heterocycles. The Bertz CT molecular complexity index is 1110. The number of nitrogens with one attached hydrogen (secondary N) is 2. The first kappa shape index (κ1) is 24.4. The van der Waals surface area contributed by atoms with E-state index < -0.39 is 29.9 Å². The fourth-order valence-corrected chi connectivity index (χ4v) is 3.38. The summed E-state index contributed by atoms with van der Waals surface area (Å²) in [6.45, 7) is 1.30. The van der Waals surface area contributed by atoms with Crippen LogP contribution in [0.4, 0.5) is 0 Å². The van der Waals surface area contributed by atoms with Crippen molar-refractivity contribution in [2.75, 3.05) is 0 Å². The van der Waals surface area contributed by atoms with Gasteiger partial charge >= 0.3 is 5.97 Å². The van der Waals surface area contributed by atoms with Gasteiger partial charge in [0.05, 0.1) is 0 Å². The van der Waals surface area contributed by atoms with Gasteiger partial charge in [0, 0.05) is 26.2 Å². The number of phenols is 1. The zero-order valence-electron chi connectivity index (χ0n) is 18.6. The summed E-state index contributed by atoms with van der Waals surface area (Å²) >= 11 is 0. The van der Waals surface area contributed by atoms with E-state index in [0.29, 0.717) is 12.2 Å². The molecule has 0 spiro atoms. The minimum absolute atomic E-state index is 0.0278. The first-order valence-corrected chi connectivity index (χ1v) is 10.7. The minimum Gasteiger partial charge on any atom is -0.508 e. The summed E-state index contributed by atoms with van der Waals surface area (Å²) in [6.07, 6.45) is 0.379. The second-order valence-electron chi connectivity index (χ2n) is 7.83. The van der Waals surface area contributed by atoms with Crippen LogP contribution in [0.25, 0.3) is 0 Å². The van der Waals surface area contributed by atoms with Gasteiger partial charge < -0.3 is 25.4 Å². The summed E-state index contributed by atoms with van der Waals surface area (Å²) in [7, 11) is 0. The number of benzene rings is 2. The van der Waals surface area contributed by atoms with Crippen molar-refractivity contribution in [2.45, 2.75) is 44.7 Å². The number of aromatic hydroxyl groups is 1. The Morgan fingerprint density at radius 2 is 1.71 bits per heavy atom. The molecule has 1 aromatic heterocycles. The number of carboxylic acids is 1. The molecule has 2 aromatic carbocycles. The van der Waals surface area contributed by atoms with Gasteiger partial charge in [0.1, 0.15) is 17.8 Å². The second-order valence-corrected chi connectivity index (χ2v) is 7.83. The number of rotatable bonds is 11. The number of carboxylic acid groups (broad SMARTS) is 1. The van der Waals surface area contributed by atoms with Crippen LogP contribution in [0.2, 0.25) is 0 Å². The Labute approximate surface area is 196 Å². The monoisotopic (exact) mass is 466 g/mol. The van der Waals surface area contributed by atoms with Crippen LogP contribution >= 0.6 is 0 Å². The molecule has 2 amide bonds. The highest BCUT2D eigenvalue weighted by atomic mass is 16.5. The molecular formula is C24H26N4O6. The maximum absolute atomic E-state index is 13.1. The summed E-state index contributed by atoms with van der Waals surface area (Å²) in [5, 5.41) is 27.9. The molecule has 0 radical (unpaired) electrons. The van der Waals surface area contributed by atoms with Crippen LogP contribution in [0.15, 0.2) is 59.1 Å². The molecule has 0 fully saturated rings. The molecule has 3 rings (SSSR count). The maximum atomic E-state index is 13.1. The van der Waals surface area contributed by atoms with Gasteiger partial charge in [0.25, 0.3) is 0 Å². The molecule has 4 N–H and O–H groups in total. The molecule has 178 valence electrons. The van der Waals surface area contributed by atoms with Crippen LogP contribution in [-0.4, -0.2) is 44.2 Å². The number of aliphatic carboxylic acids is 1. The number of amides is 2. The normalized spacial score (nSPS) is 12.5. The first-order chi connectivity index (χ1) is 16.3. The van der Waals surface area contributed by atoms with E-state index in [1.54, 1.807) is 12.1 Å². The van der Waals surface area contributed by atoms with Crippen LogP contribution in [0.1, 0.15) is 48.6 Å². The van der Waals surface area contributed by atoms with Crippen LogP contribution in [0.5, 0.6) is 5.75 Å². The highest BCUT2D eigenvalue weighted by Crippen LogP contribution is 2.19. The van der Waals surface area contributed by atoms with E-state index in [2.05, 4.69) is 20.8 Å². The number of phenolic OH excluding ortho intramolecular Hbond substituents is 1. The fourth-order valence-electron chi connectivity index (χ4n) is 3.38. The van der Waals surface area contributed by atoms with Crippen LogP contribution < -0.4 is 10.6 Å². The topological polar surface area (TPSA) is 155 Å².